The minimum atomic E-state index is -0.283. The molecule has 0 saturated heterocycles. The molecule has 0 aliphatic carbocycles. The Morgan fingerprint density at radius 3 is 2.58 bits per heavy atom. The summed E-state index contributed by atoms with van der Waals surface area (Å²) in [7, 11) is 0. The van der Waals surface area contributed by atoms with E-state index in [2.05, 4.69) is 15.3 Å². The molecule has 0 saturated carbocycles. The molecular weight excluding hydrogens is 473 g/mol. The molecule has 0 unspecified atom stereocenters. The van der Waals surface area contributed by atoms with Crippen molar-refractivity contribution in [2.75, 3.05) is 11.6 Å². The van der Waals surface area contributed by atoms with Crippen molar-refractivity contribution in [3.8, 4) is 22.8 Å². The van der Waals surface area contributed by atoms with E-state index in [1.54, 1.807) is 24.4 Å². The zero-order chi connectivity index (χ0) is 25.1. The van der Waals surface area contributed by atoms with Crippen LogP contribution < -0.4 is 10.1 Å². The van der Waals surface area contributed by atoms with Crippen LogP contribution in [0.5, 0.6) is 11.6 Å². The molecule has 0 bridgehead atoms. The summed E-state index contributed by atoms with van der Waals surface area (Å²) in [6, 6.07) is 25.0. The lowest BCUT2D eigenvalue weighted by molar-refractivity contribution is 0.102. The third-order valence-electron chi connectivity index (χ3n) is 5.76. The van der Waals surface area contributed by atoms with Crippen molar-refractivity contribution in [1.29, 1.82) is 0 Å². The lowest BCUT2D eigenvalue weighted by atomic mass is 9.98. The average Bonchev–Trinajstić information content (AvgIpc) is 2.90. The maximum absolute atomic E-state index is 13.5. The minimum absolute atomic E-state index is 0.240. The van der Waals surface area contributed by atoms with Gasteiger partial charge in [-0.1, -0.05) is 54.2 Å². The zero-order valence-corrected chi connectivity index (χ0v) is 20.5. The van der Waals surface area contributed by atoms with Crippen LogP contribution in [0.4, 0.5) is 10.1 Å². The van der Waals surface area contributed by atoms with Crippen LogP contribution in [0.25, 0.3) is 21.9 Å². The summed E-state index contributed by atoms with van der Waals surface area (Å²) in [4.78, 5) is 21.8. The van der Waals surface area contributed by atoms with Crippen LogP contribution >= 0.6 is 11.8 Å². The Labute approximate surface area is 212 Å². The van der Waals surface area contributed by atoms with Crippen LogP contribution in [0.2, 0.25) is 0 Å². The molecule has 1 N–H and O–H groups in total. The number of nitrogens with zero attached hydrogens (tertiary/aromatic N) is 2. The second-order valence-corrected chi connectivity index (χ2v) is 8.91. The second kappa shape index (κ2) is 10.2. The summed E-state index contributed by atoms with van der Waals surface area (Å²) in [5.41, 5.74) is 3.71. The van der Waals surface area contributed by atoms with E-state index >= 15 is 0 Å². The van der Waals surface area contributed by atoms with E-state index in [1.165, 1.54) is 23.9 Å². The van der Waals surface area contributed by atoms with Gasteiger partial charge in [-0.2, -0.15) is 4.98 Å². The number of fused-ring (bicyclic) bond motifs is 1. The van der Waals surface area contributed by atoms with E-state index in [0.717, 1.165) is 27.5 Å². The van der Waals surface area contributed by atoms with E-state index < -0.39 is 0 Å². The lowest BCUT2D eigenvalue weighted by Crippen LogP contribution is -2.12. The van der Waals surface area contributed by atoms with Gasteiger partial charge in [0.1, 0.15) is 11.6 Å². The molecule has 1 heterocycles. The van der Waals surface area contributed by atoms with Gasteiger partial charge in [0, 0.05) is 34.3 Å². The predicted octanol–water partition coefficient (Wildman–Crippen LogP) is 7.51. The monoisotopic (exact) mass is 495 g/mol. The number of nitrogens with one attached hydrogen (secondary N) is 1. The van der Waals surface area contributed by atoms with Gasteiger partial charge in [-0.25, -0.2) is 9.37 Å². The minimum Gasteiger partial charge on any atom is -0.438 e. The summed E-state index contributed by atoms with van der Waals surface area (Å²) in [5, 5.41) is 5.34. The number of aryl methyl sites for hydroxylation is 1. The van der Waals surface area contributed by atoms with Crippen LogP contribution in [-0.4, -0.2) is 22.1 Å². The first-order valence-corrected chi connectivity index (χ1v) is 12.5. The van der Waals surface area contributed by atoms with Crippen molar-refractivity contribution in [3.63, 3.8) is 0 Å². The quantitative estimate of drug-likeness (QED) is 0.195. The third-order valence-corrected chi connectivity index (χ3v) is 6.32. The number of amides is 1. The smallest absolute Gasteiger partial charge is 0.255 e. The zero-order valence-electron chi connectivity index (χ0n) is 19.7. The van der Waals surface area contributed by atoms with Crippen molar-refractivity contribution in [3.05, 3.63) is 108 Å². The van der Waals surface area contributed by atoms with E-state index in [4.69, 9.17) is 4.74 Å². The number of carbonyl (C=O) groups excluding carboxylic acids is 1. The van der Waals surface area contributed by atoms with E-state index in [-0.39, 0.29) is 11.7 Å². The first-order valence-electron chi connectivity index (χ1n) is 11.3. The Kier molecular flexibility index (Phi) is 6.64. The largest absolute Gasteiger partial charge is 0.438 e. The van der Waals surface area contributed by atoms with Gasteiger partial charge in [0.15, 0.2) is 5.16 Å². The van der Waals surface area contributed by atoms with Crippen molar-refractivity contribution in [2.24, 2.45) is 0 Å². The number of anilines is 1. The fraction of sp³-hybridized carbons (Fsp3) is 0.0690. The number of benzene rings is 4. The lowest BCUT2D eigenvalue weighted by Gasteiger charge is -2.14. The number of thioether (sulfide) groups is 1. The summed E-state index contributed by atoms with van der Waals surface area (Å²) >= 11 is 1.44. The molecule has 178 valence electrons. The van der Waals surface area contributed by atoms with Gasteiger partial charge in [-0.05, 0) is 66.3 Å². The summed E-state index contributed by atoms with van der Waals surface area (Å²) in [5.74, 6) is 0.553. The molecule has 0 radical (unpaired) electrons. The second-order valence-electron chi connectivity index (χ2n) is 8.13. The van der Waals surface area contributed by atoms with E-state index in [0.29, 0.717) is 28.0 Å². The molecule has 0 aliphatic heterocycles. The third kappa shape index (κ3) is 4.92. The van der Waals surface area contributed by atoms with E-state index in [1.807, 2.05) is 67.8 Å². The van der Waals surface area contributed by atoms with Crippen molar-refractivity contribution in [2.45, 2.75) is 12.1 Å². The molecule has 5 rings (SSSR count). The Balaban J connectivity index is 1.44. The number of hydrogen-bond acceptors (Lipinski definition) is 5. The normalized spacial score (nSPS) is 10.9. The van der Waals surface area contributed by atoms with Crippen LogP contribution in [0.15, 0.2) is 96.3 Å². The molecular formula is C29H22FN3O2S. The van der Waals surface area contributed by atoms with Gasteiger partial charge in [0.05, 0.1) is 0 Å². The van der Waals surface area contributed by atoms with Gasteiger partial charge in [0.2, 0.25) is 5.88 Å². The first-order chi connectivity index (χ1) is 17.5. The molecule has 4 aromatic carbocycles. The Hall–Kier alpha value is -4.23. The maximum atomic E-state index is 13.5. The number of carbonyl (C=O) groups is 1. The Morgan fingerprint density at radius 1 is 0.944 bits per heavy atom. The van der Waals surface area contributed by atoms with Crippen molar-refractivity contribution >= 4 is 34.1 Å². The number of rotatable bonds is 6. The van der Waals surface area contributed by atoms with Gasteiger partial charge in [-0.3, -0.25) is 4.79 Å². The molecule has 1 amide bonds. The highest BCUT2D eigenvalue weighted by Crippen LogP contribution is 2.34. The van der Waals surface area contributed by atoms with E-state index in [9.17, 15) is 9.18 Å². The highest BCUT2D eigenvalue weighted by molar-refractivity contribution is 7.98. The van der Waals surface area contributed by atoms with Crippen LogP contribution in [0, 0.1) is 12.7 Å². The fourth-order valence-corrected chi connectivity index (χ4v) is 4.38. The summed E-state index contributed by atoms with van der Waals surface area (Å²) < 4.78 is 19.6. The summed E-state index contributed by atoms with van der Waals surface area (Å²) in [6.07, 6.45) is 3.56. The maximum Gasteiger partial charge on any atom is 0.255 e. The highest BCUT2D eigenvalue weighted by Gasteiger charge is 2.13. The van der Waals surface area contributed by atoms with Gasteiger partial charge < -0.3 is 10.1 Å². The molecule has 0 atom stereocenters. The molecule has 0 fully saturated rings. The number of ether oxygens (including phenoxy) is 1. The highest BCUT2D eigenvalue weighted by atomic mass is 32.2. The van der Waals surface area contributed by atoms with Crippen LogP contribution in [0.1, 0.15) is 15.9 Å². The molecule has 7 heteroatoms. The number of aromatic nitrogens is 2. The topological polar surface area (TPSA) is 64.1 Å². The van der Waals surface area contributed by atoms with Gasteiger partial charge >= 0.3 is 0 Å². The molecule has 5 nitrogen and oxygen atoms in total. The number of halogens is 1. The SMILES string of the molecule is CSc1nccc(Oc2ccc(NC(=O)c3cccc(-c4ccc(F)cc4C)c3)c3ccccc23)n1. The van der Waals surface area contributed by atoms with Crippen LogP contribution in [-0.2, 0) is 0 Å². The Morgan fingerprint density at radius 2 is 1.78 bits per heavy atom. The standard InChI is InChI=1S/C29H22FN3O2S/c1-18-16-21(30)10-11-22(18)19-6-5-7-20(17-19)28(34)32-25-12-13-26(24-9-4-3-8-23(24)25)35-27-14-15-31-29(33-27)36-2/h3-17H,1-2H3,(H,32,34). The first kappa shape index (κ1) is 23.5. The average molecular weight is 496 g/mol. The predicted molar refractivity (Wildman–Crippen MR) is 142 cm³/mol. The molecule has 0 aliphatic rings. The van der Waals surface area contributed by atoms with Crippen molar-refractivity contribution < 1.29 is 13.9 Å². The van der Waals surface area contributed by atoms with Gasteiger partial charge in [0.25, 0.3) is 5.91 Å². The molecule has 5 aromatic rings. The van der Waals surface area contributed by atoms with Gasteiger partial charge in [-0.15, -0.1) is 0 Å². The van der Waals surface area contributed by atoms with Crippen molar-refractivity contribution in [1.82, 2.24) is 9.97 Å². The fourth-order valence-electron chi connectivity index (χ4n) is 4.04. The summed E-state index contributed by atoms with van der Waals surface area (Å²) in [6.45, 7) is 1.85. The molecule has 0 spiro atoms. The Bertz CT molecular complexity index is 1590. The number of hydrogen-bond donors (Lipinski definition) is 1. The molecule has 1 aromatic heterocycles. The molecule has 36 heavy (non-hydrogen) atoms. The van der Waals surface area contributed by atoms with Crippen LogP contribution in [0.3, 0.4) is 0 Å².